The maximum Gasteiger partial charge on any atom is 0.220 e. The molecule has 1 amide bonds. The van der Waals surface area contributed by atoms with Crippen LogP contribution in [0.3, 0.4) is 0 Å². The third-order valence-electron chi connectivity index (χ3n) is 13.1. The summed E-state index contributed by atoms with van der Waals surface area (Å²) in [5.41, 5.74) is 0. The van der Waals surface area contributed by atoms with Gasteiger partial charge in [0.15, 0.2) is 6.29 Å². The summed E-state index contributed by atoms with van der Waals surface area (Å²) in [7, 11) is 0. The first-order valence-electron chi connectivity index (χ1n) is 26.9. The summed E-state index contributed by atoms with van der Waals surface area (Å²) < 4.78 is 11.3. The first kappa shape index (κ1) is 58.9. The van der Waals surface area contributed by atoms with Gasteiger partial charge in [0.25, 0.3) is 0 Å². The Hall–Kier alpha value is -1.07. The average molecular weight is 882 g/mol. The van der Waals surface area contributed by atoms with Crippen molar-refractivity contribution < 1.29 is 39.8 Å². The predicted octanol–water partition coefficient (Wildman–Crippen LogP) is 12.5. The van der Waals surface area contributed by atoms with Gasteiger partial charge in [0, 0.05) is 6.42 Å². The number of hydrogen-bond acceptors (Lipinski definition) is 8. The van der Waals surface area contributed by atoms with Crippen LogP contribution in [0.4, 0.5) is 0 Å². The fraction of sp³-hybridized carbons (Fsp3) is 0.943. The van der Waals surface area contributed by atoms with Crippen LogP contribution in [0.25, 0.3) is 0 Å². The topological polar surface area (TPSA) is 149 Å². The van der Waals surface area contributed by atoms with Gasteiger partial charge in [0.1, 0.15) is 24.4 Å². The molecule has 1 aliphatic rings. The Morgan fingerprint density at radius 2 is 0.903 bits per heavy atom. The van der Waals surface area contributed by atoms with Gasteiger partial charge < -0.3 is 40.3 Å². The molecule has 9 heteroatoms. The second-order valence-electron chi connectivity index (χ2n) is 19.0. The molecule has 0 bridgehead atoms. The van der Waals surface area contributed by atoms with Crippen molar-refractivity contribution in [3.63, 3.8) is 0 Å². The molecule has 0 saturated carbocycles. The van der Waals surface area contributed by atoms with Gasteiger partial charge in [-0.1, -0.05) is 231 Å². The SMILES string of the molecule is CCCCCCCCC/C=C\CCCCCCCC(=O)NC(COC1OC(CO)C(O)C(O)C1O)C(O)CCCCCCCCCCCCCCCCCCCCCCCCC. The monoisotopic (exact) mass is 882 g/mol. The Morgan fingerprint density at radius 3 is 1.31 bits per heavy atom. The van der Waals surface area contributed by atoms with Crippen LogP contribution in [0, 0.1) is 0 Å². The molecule has 368 valence electrons. The molecule has 1 heterocycles. The second kappa shape index (κ2) is 43.8. The highest BCUT2D eigenvalue weighted by Crippen LogP contribution is 2.23. The molecule has 7 atom stereocenters. The summed E-state index contributed by atoms with van der Waals surface area (Å²) in [6, 6.07) is -0.720. The molecule has 7 unspecified atom stereocenters. The van der Waals surface area contributed by atoms with E-state index in [1.165, 1.54) is 186 Å². The van der Waals surface area contributed by atoms with E-state index in [1.807, 2.05) is 0 Å². The average Bonchev–Trinajstić information content (AvgIpc) is 3.27. The van der Waals surface area contributed by atoms with E-state index in [0.29, 0.717) is 12.8 Å². The van der Waals surface area contributed by atoms with Crippen molar-refractivity contribution in [2.45, 2.75) is 307 Å². The molecule has 1 rings (SSSR count). The van der Waals surface area contributed by atoms with E-state index in [4.69, 9.17) is 9.47 Å². The molecule has 1 saturated heterocycles. The largest absolute Gasteiger partial charge is 0.394 e. The number of ether oxygens (including phenoxy) is 2. The zero-order valence-electron chi connectivity index (χ0n) is 40.6. The molecule has 0 aliphatic carbocycles. The first-order valence-corrected chi connectivity index (χ1v) is 26.9. The quantitative estimate of drug-likeness (QED) is 0.0261. The maximum atomic E-state index is 13.0. The lowest BCUT2D eigenvalue weighted by Gasteiger charge is -2.40. The van der Waals surface area contributed by atoms with Crippen LogP contribution in [-0.2, 0) is 14.3 Å². The fourth-order valence-corrected chi connectivity index (χ4v) is 8.80. The molecular formula is C53H103NO8. The number of allylic oxidation sites excluding steroid dienone is 2. The zero-order chi connectivity index (χ0) is 45.1. The highest BCUT2D eigenvalue weighted by molar-refractivity contribution is 5.76. The van der Waals surface area contributed by atoms with E-state index in [0.717, 1.165) is 51.4 Å². The van der Waals surface area contributed by atoms with Gasteiger partial charge in [-0.25, -0.2) is 0 Å². The number of amides is 1. The Morgan fingerprint density at radius 1 is 0.532 bits per heavy atom. The first-order chi connectivity index (χ1) is 30.3. The Kier molecular flexibility index (Phi) is 41.6. The number of aliphatic hydroxyl groups excluding tert-OH is 5. The van der Waals surface area contributed by atoms with Crippen molar-refractivity contribution in [2.75, 3.05) is 13.2 Å². The summed E-state index contributed by atoms with van der Waals surface area (Å²) >= 11 is 0. The van der Waals surface area contributed by atoms with Crippen molar-refractivity contribution >= 4 is 5.91 Å². The number of aliphatic hydroxyl groups is 5. The highest BCUT2D eigenvalue weighted by Gasteiger charge is 2.44. The summed E-state index contributed by atoms with van der Waals surface area (Å²) in [5.74, 6) is -0.149. The minimum Gasteiger partial charge on any atom is -0.394 e. The highest BCUT2D eigenvalue weighted by atomic mass is 16.7. The van der Waals surface area contributed by atoms with Gasteiger partial charge >= 0.3 is 0 Å². The predicted molar refractivity (Wildman–Crippen MR) is 258 cm³/mol. The van der Waals surface area contributed by atoms with Crippen LogP contribution in [-0.4, -0.2) is 87.5 Å². The lowest BCUT2D eigenvalue weighted by molar-refractivity contribution is -0.302. The van der Waals surface area contributed by atoms with Gasteiger partial charge in [-0.05, 0) is 38.5 Å². The van der Waals surface area contributed by atoms with E-state index in [1.54, 1.807) is 0 Å². The Bertz CT molecular complexity index is 981. The van der Waals surface area contributed by atoms with E-state index in [9.17, 15) is 30.3 Å². The van der Waals surface area contributed by atoms with Crippen molar-refractivity contribution in [2.24, 2.45) is 0 Å². The standard InChI is InChI=1S/C53H103NO8/c1-3-5-7-9-11-13-15-17-19-21-22-23-24-25-26-27-28-30-32-34-36-38-40-42-47(56)46(45-61-53-52(60)51(59)50(58)48(44-55)62-53)54-49(57)43-41-39-37-35-33-31-29-20-18-16-14-12-10-8-6-4-2/h20,29,46-48,50-53,55-56,58-60H,3-19,21-28,30-45H2,1-2H3,(H,54,57)/b29-20-. The van der Waals surface area contributed by atoms with Crippen molar-refractivity contribution in [3.8, 4) is 0 Å². The fourth-order valence-electron chi connectivity index (χ4n) is 8.80. The summed E-state index contributed by atoms with van der Waals surface area (Å²) in [4.78, 5) is 13.0. The number of carbonyl (C=O) groups is 1. The molecule has 0 spiro atoms. The number of unbranched alkanes of at least 4 members (excludes halogenated alkanes) is 34. The maximum absolute atomic E-state index is 13.0. The molecule has 0 radical (unpaired) electrons. The second-order valence-corrected chi connectivity index (χ2v) is 19.0. The van der Waals surface area contributed by atoms with E-state index < -0.39 is 49.5 Å². The van der Waals surface area contributed by atoms with Gasteiger partial charge in [0.2, 0.25) is 5.91 Å². The smallest absolute Gasteiger partial charge is 0.220 e. The minimum absolute atomic E-state index is 0.137. The zero-order valence-corrected chi connectivity index (χ0v) is 40.6. The number of nitrogens with one attached hydrogen (secondary N) is 1. The minimum atomic E-state index is -1.55. The van der Waals surface area contributed by atoms with Crippen molar-refractivity contribution in [3.05, 3.63) is 12.2 Å². The number of carbonyl (C=O) groups excluding carboxylic acids is 1. The van der Waals surface area contributed by atoms with Gasteiger partial charge in [-0.2, -0.15) is 0 Å². The molecule has 0 aromatic carbocycles. The number of hydrogen-bond donors (Lipinski definition) is 6. The van der Waals surface area contributed by atoms with E-state index in [-0.39, 0.29) is 12.5 Å². The lowest BCUT2D eigenvalue weighted by atomic mass is 9.99. The van der Waals surface area contributed by atoms with Gasteiger partial charge in [-0.3, -0.25) is 4.79 Å². The third kappa shape index (κ3) is 33.4. The van der Waals surface area contributed by atoms with E-state index >= 15 is 0 Å². The van der Waals surface area contributed by atoms with Crippen LogP contribution in [0.5, 0.6) is 0 Å². The Balaban J connectivity index is 2.23. The van der Waals surface area contributed by atoms with Crippen molar-refractivity contribution in [1.29, 1.82) is 0 Å². The van der Waals surface area contributed by atoms with Crippen LogP contribution in [0.1, 0.15) is 264 Å². The molecule has 1 aliphatic heterocycles. The Labute approximate surface area is 382 Å². The van der Waals surface area contributed by atoms with Gasteiger partial charge in [-0.15, -0.1) is 0 Å². The molecule has 1 fully saturated rings. The molecule has 0 aromatic heterocycles. The molecule has 9 nitrogen and oxygen atoms in total. The van der Waals surface area contributed by atoms with Gasteiger partial charge in [0.05, 0.1) is 25.4 Å². The third-order valence-corrected chi connectivity index (χ3v) is 13.1. The van der Waals surface area contributed by atoms with Crippen LogP contribution in [0.2, 0.25) is 0 Å². The normalized spacial score (nSPS) is 20.3. The lowest BCUT2D eigenvalue weighted by Crippen LogP contribution is -2.60. The summed E-state index contributed by atoms with van der Waals surface area (Å²) in [5, 5.41) is 54.6. The van der Waals surface area contributed by atoms with Crippen LogP contribution < -0.4 is 5.32 Å². The van der Waals surface area contributed by atoms with Crippen molar-refractivity contribution in [1.82, 2.24) is 5.32 Å². The molecule has 62 heavy (non-hydrogen) atoms. The number of rotatable bonds is 46. The van der Waals surface area contributed by atoms with E-state index in [2.05, 4.69) is 31.3 Å². The summed E-state index contributed by atoms with van der Waals surface area (Å²) in [6.07, 6.45) is 45.1. The molecule has 0 aromatic rings. The molecule has 6 N–H and O–H groups in total. The van der Waals surface area contributed by atoms with Crippen LogP contribution >= 0.6 is 0 Å². The summed E-state index contributed by atoms with van der Waals surface area (Å²) in [6.45, 7) is 3.86. The molecular weight excluding hydrogens is 779 g/mol. The van der Waals surface area contributed by atoms with Crippen LogP contribution in [0.15, 0.2) is 12.2 Å².